The average Bonchev–Trinajstić information content (AvgIpc) is 2.76. The summed E-state index contributed by atoms with van der Waals surface area (Å²) in [7, 11) is 0. The number of hydrogen-bond acceptors (Lipinski definition) is 7. The molecule has 7 nitrogen and oxygen atoms in total. The fourth-order valence-corrected chi connectivity index (χ4v) is 2.86. The molecule has 0 aliphatic heterocycles. The predicted octanol–water partition coefficient (Wildman–Crippen LogP) is 3.61. The summed E-state index contributed by atoms with van der Waals surface area (Å²) in [6.45, 7) is 10.5. The lowest BCUT2D eigenvalue weighted by molar-refractivity contribution is -0.0287. The number of aliphatic hydroxyl groups is 1. The number of hydrogen-bond donors (Lipinski definition) is 1. The van der Waals surface area contributed by atoms with Gasteiger partial charge in [-0.3, -0.25) is 0 Å². The zero-order valence-electron chi connectivity index (χ0n) is 19.6. The Morgan fingerprint density at radius 3 is 1.40 bits per heavy atom. The van der Waals surface area contributed by atoms with E-state index in [1.54, 1.807) is 0 Å². The number of rotatable bonds is 26. The molecule has 0 amide bonds. The van der Waals surface area contributed by atoms with E-state index >= 15 is 0 Å². The van der Waals surface area contributed by atoms with Gasteiger partial charge in [0.1, 0.15) is 0 Å². The van der Waals surface area contributed by atoms with Crippen LogP contribution in [-0.4, -0.2) is 90.5 Å². The Labute approximate surface area is 184 Å². The van der Waals surface area contributed by atoms with Crippen LogP contribution in [0.5, 0.6) is 0 Å². The molecule has 0 radical (unpaired) electrons. The van der Waals surface area contributed by atoms with E-state index < -0.39 is 0 Å². The van der Waals surface area contributed by atoms with Crippen molar-refractivity contribution >= 4 is 0 Å². The van der Waals surface area contributed by atoms with Crippen LogP contribution < -0.4 is 0 Å². The molecule has 182 valence electrons. The van der Waals surface area contributed by atoms with Crippen molar-refractivity contribution in [3.63, 3.8) is 0 Å². The summed E-state index contributed by atoms with van der Waals surface area (Å²) in [5.41, 5.74) is 0. The van der Waals surface area contributed by atoms with Crippen molar-refractivity contribution in [1.82, 2.24) is 0 Å². The van der Waals surface area contributed by atoms with Crippen molar-refractivity contribution < 1.29 is 33.5 Å². The smallest absolute Gasteiger partial charge is 0.0704 e. The van der Waals surface area contributed by atoms with E-state index in [0.29, 0.717) is 78.8 Å². The van der Waals surface area contributed by atoms with Crippen molar-refractivity contribution in [3.05, 3.63) is 0 Å². The second-order valence-electron chi connectivity index (χ2n) is 7.27. The normalized spacial score (nSPS) is 12.5. The molecule has 0 saturated carbocycles. The molecule has 1 unspecified atom stereocenters. The number of ether oxygens (including phenoxy) is 6. The van der Waals surface area contributed by atoms with Crippen LogP contribution in [0.1, 0.15) is 65.2 Å². The standard InChI is InChI=1S/C23H48O7/c1-3-5-7-8-10-23(9-6-4-2)30-22-21-29-20-19-28-18-17-27-16-15-26-14-13-25-12-11-24/h23-24H,3-22H2,1-2H3. The van der Waals surface area contributed by atoms with Gasteiger partial charge in [-0.15, -0.1) is 0 Å². The van der Waals surface area contributed by atoms with Crippen molar-refractivity contribution in [2.75, 3.05) is 79.3 Å². The van der Waals surface area contributed by atoms with E-state index in [1.165, 1.54) is 44.9 Å². The minimum Gasteiger partial charge on any atom is -0.394 e. The van der Waals surface area contributed by atoms with Crippen molar-refractivity contribution in [2.24, 2.45) is 0 Å². The van der Waals surface area contributed by atoms with E-state index in [9.17, 15) is 0 Å². The molecule has 0 aromatic carbocycles. The minimum absolute atomic E-state index is 0.0423. The van der Waals surface area contributed by atoms with Gasteiger partial charge in [-0.2, -0.15) is 0 Å². The maximum atomic E-state index is 8.56. The van der Waals surface area contributed by atoms with E-state index in [-0.39, 0.29) is 6.61 Å². The number of aliphatic hydroxyl groups excluding tert-OH is 1. The highest BCUT2D eigenvalue weighted by Crippen LogP contribution is 2.14. The summed E-state index contributed by atoms with van der Waals surface area (Å²) >= 11 is 0. The third kappa shape index (κ3) is 24.0. The summed E-state index contributed by atoms with van der Waals surface area (Å²) in [4.78, 5) is 0. The summed E-state index contributed by atoms with van der Waals surface area (Å²) in [5.74, 6) is 0. The van der Waals surface area contributed by atoms with Gasteiger partial charge >= 0.3 is 0 Å². The van der Waals surface area contributed by atoms with Gasteiger partial charge in [0, 0.05) is 0 Å². The minimum atomic E-state index is 0.0423. The first kappa shape index (κ1) is 29.7. The van der Waals surface area contributed by atoms with Gasteiger partial charge in [-0.05, 0) is 12.8 Å². The van der Waals surface area contributed by atoms with Gasteiger partial charge in [0.05, 0.1) is 85.4 Å². The van der Waals surface area contributed by atoms with Crippen molar-refractivity contribution in [3.8, 4) is 0 Å². The molecule has 0 fully saturated rings. The average molecular weight is 437 g/mol. The molecule has 0 aromatic rings. The highest BCUT2D eigenvalue weighted by molar-refractivity contribution is 4.59. The fraction of sp³-hybridized carbons (Fsp3) is 1.00. The first-order chi connectivity index (χ1) is 14.8. The monoisotopic (exact) mass is 436 g/mol. The maximum absolute atomic E-state index is 8.56. The Morgan fingerprint density at radius 2 is 0.933 bits per heavy atom. The van der Waals surface area contributed by atoms with Gasteiger partial charge in [0.2, 0.25) is 0 Å². The van der Waals surface area contributed by atoms with Gasteiger partial charge in [0.15, 0.2) is 0 Å². The van der Waals surface area contributed by atoms with Crippen LogP contribution in [0, 0.1) is 0 Å². The SMILES string of the molecule is CCCCCCC(CCCC)OCCOCCOCCOCCOCCOCCO. The highest BCUT2D eigenvalue weighted by atomic mass is 16.6. The van der Waals surface area contributed by atoms with Crippen LogP contribution in [0.2, 0.25) is 0 Å². The van der Waals surface area contributed by atoms with Crippen LogP contribution in [0.4, 0.5) is 0 Å². The maximum Gasteiger partial charge on any atom is 0.0704 e. The molecule has 0 saturated heterocycles. The molecule has 0 aromatic heterocycles. The molecule has 0 bridgehead atoms. The fourth-order valence-electron chi connectivity index (χ4n) is 2.86. The Kier molecular flexibility index (Phi) is 26.5. The second-order valence-corrected chi connectivity index (χ2v) is 7.27. The quantitative estimate of drug-likeness (QED) is 0.208. The lowest BCUT2D eigenvalue weighted by Gasteiger charge is -2.18. The molecule has 0 spiro atoms. The largest absolute Gasteiger partial charge is 0.394 e. The Balaban J connectivity index is 3.32. The lowest BCUT2D eigenvalue weighted by Crippen LogP contribution is -2.18. The van der Waals surface area contributed by atoms with E-state index in [2.05, 4.69) is 13.8 Å². The zero-order valence-corrected chi connectivity index (χ0v) is 19.6. The molecule has 0 heterocycles. The Hall–Kier alpha value is -0.280. The van der Waals surface area contributed by atoms with Crippen LogP contribution in [0.25, 0.3) is 0 Å². The zero-order chi connectivity index (χ0) is 22.0. The van der Waals surface area contributed by atoms with Crippen LogP contribution in [-0.2, 0) is 28.4 Å². The van der Waals surface area contributed by atoms with E-state index in [4.69, 9.17) is 33.5 Å². The summed E-state index contributed by atoms with van der Waals surface area (Å²) in [6, 6.07) is 0. The summed E-state index contributed by atoms with van der Waals surface area (Å²) in [6.07, 6.45) is 10.4. The van der Waals surface area contributed by atoms with Crippen LogP contribution >= 0.6 is 0 Å². The van der Waals surface area contributed by atoms with Gasteiger partial charge < -0.3 is 33.5 Å². The molecular formula is C23H48O7. The number of unbranched alkanes of at least 4 members (excludes halogenated alkanes) is 4. The van der Waals surface area contributed by atoms with Crippen LogP contribution in [0.3, 0.4) is 0 Å². The third-order valence-electron chi connectivity index (χ3n) is 4.56. The predicted molar refractivity (Wildman–Crippen MR) is 119 cm³/mol. The second kappa shape index (κ2) is 26.8. The molecule has 30 heavy (non-hydrogen) atoms. The third-order valence-corrected chi connectivity index (χ3v) is 4.56. The van der Waals surface area contributed by atoms with E-state index in [0.717, 1.165) is 6.42 Å². The van der Waals surface area contributed by atoms with Gasteiger partial charge in [-0.25, -0.2) is 0 Å². The van der Waals surface area contributed by atoms with Crippen molar-refractivity contribution in [1.29, 1.82) is 0 Å². The Morgan fingerprint density at radius 1 is 0.500 bits per heavy atom. The van der Waals surface area contributed by atoms with E-state index in [1.807, 2.05) is 0 Å². The highest BCUT2D eigenvalue weighted by Gasteiger charge is 2.08. The lowest BCUT2D eigenvalue weighted by atomic mass is 10.0. The summed E-state index contributed by atoms with van der Waals surface area (Å²) < 4.78 is 32.9. The molecule has 1 N–H and O–H groups in total. The molecule has 1 atom stereocenters. The summed E-state index contributed by atoms with van der Waals surface area (Å²) in [5, 5.41) is 8.56. The topological polar surface area (TPSA) is 75.6 Å². The molecule has 0 aliphatic carbocycles. The molecule has 7 heteroatoms. The first-order valence-corrected chi connectivity index (χ1v) is 12.0. The Bertz CT molecular complexity index is 305. The van der Waals surface area contributed by atoms with Gasteiger partial charge in [0.25, 0.3) is 0 Å². The molecule has 0 rings (SSSR count). The molecular weight excluding hydrogens is 388 g/mol. The molecule has 0 aliphatic rings. The first-order valence-electron chi connectivity index (χ1n) is 12.0. The van der Waals surface area contributed by atoms with Crippen LogP contribution in [0.15, 0.2) is 0 Å². The van der Waals surface area contributed by atoms with Gasteiger partial charge in [-0.1, -0.05) is 52.4 Å². The van der Waals surface area contributed by atoms with Crippen molar-refractivity contribution in [2.45, 2.75) is 71.3 Å².